The van der Waals surface area contributed by atoms with E-state index in [0.29, 0.717) is 19.5 Å². The van der Waals surface area contributed by atoms with E-state index in [1.54, 1.807) is 12.1 Å². The minimum absolute atomic E-state index is 0.0251. The second kappa shape index (κ2) is 10.2. The van der Waals surface area contributed by atoms with Crippen LogP contribution in [0.2, 0.25) is 0 Å². The summed E-state index contributed by atoms with van der Waals surface area (Å²) in [7, 11) is 0. The van der Waals surface area contributed by atoms with Crippen molar-refractivity contribution in [2.45, 2.75) is 51.9 Å². The molecule has 0 aliphatic carbocycles. The molecular formula is C28H33N3O2. The number of amides is 1. The average Bonchev–Trinajstić information content (AvgIpc) is 2.81. The van der Waals surface area contributed by atoms with Crippen molar-refractivity contribution in [3.8, 4) is 5.75 Å². The summed E-state index contributed by atoms with van der Waals surface area (Å²) in [5.41, 5.74) is 13.1. The number of carbonyl (C=O) groups excluding carboxylic acids is 1. The number of benzene rings is 3. The molecular weight excluding hydrogens is 410 g/mol. The van der Waals surface area contributed by atoms with E-state index in [9.17, 15) is 9.90 Å². The van der Waals surface area contributed by atoms with Crippen LogP contribution in [0, 0.1) is 13.8 Å². The minimum Gasteiger partial charge on any atom is -0.508 e. The summed E-state index contributed by atoms with van der Waals surface area (Å²) in [4.78, 5) is 15.5. The van der Waals surface area contributed by atoms with E-state index in [-0.39, 0.29) is 17.7 Å². The van der Waals surface area contributed by atoms with E-state index < -0.39 is 6.04 Å². The molecule has 0 bridgehead atoms. The van der Waals surface area contributed by atoms with Crippen molar-refractivity contribution in [2.75, 3.05) is 6.54 Å². The van der Waals surface area contributed by atoms with Gasteiger partial charge in [-0.25, -0.2) is 0 Å². The highest BCUT2D eigenvalue weighted by Crippen LogP contribution is 2.26. The van der Waals surface area contributed by atoms with Crippen molar-refractivity contribution in [2.24, 2.45) is 5.73 Å². The number of phenols is 1. The Kier molecular flexibility index (Phi) is 7.11. The first-order valence-electron chi connectivity index (χ1n) is 11.6. The van der Waals surface area contributed by atoms with Crippen LogP contribution in [0.25, 0.3) is 0 Å². The first kappa shape index (κ1) is 23.0. The van der Waals surface area contributed by atoms with Gasteiger partial charge in [-0.1, -0.05) is 54.6 Å². The molecule has 5 heteroatoms. The van der Waals surface area contributed by atoms with Gasteiger partial charge >= 0.3 is 0 Å². The summed E-state index contributed by atoms with van der Waals surface area (Å²) in [5.74, 6) is 0.216. The highest BCUT2D eigenvalue weighted by Gasteiger charge is 2.32. The molecule has 1 heterocycles. The zero-order chi connectivity index (χ0) is 23.4. The standard InChI is InChI=1S/C28H33N3O2/c1-19-12-25(32)13-20(2)26(19)15-27(29)28(33)31-18-23-11-7-6-10-22(23)14-24(31)17-30-16-21-8-4-3-5-9-21/h3-13,24,27,30,32H,14-18,29H2,1-2H3/t24-,27-/m0/s1. The quantitative estimate of drug-likeness (QED) is 0.521. The molecule has 1 aliphatic heterocycles. The van der Waals surface area contributed by atoms with Crippen LogP contribution in [-0.4, -0.2) is 34.5 Å². The normalized spacial score (nSPS) is 16.3. The third-order valence-corrected chi connectivity index (χ3v) is 6.61. The number of hydrogen-bond acceptors (Lipinski definition) is 4. The number of carbonyl (C=O) groups is 1. The first-order valence-corrected chi connectivity index (χ1v) is 11.6. The Bertz CT molecular complexity index is 1090. The molecule has 2 atom stereocenters. The van der Waals surface area contributed by atoms with Gasteiger partial charge < -0.3 is 21.1 Å². The molecule has 172 valence electrons. The van der Waals surface area contributed by atoms with Crippen LogP contribution in [0.5, 0.6) is 5.75 Å². The van der Waals surface area contributed by atoms with Gasteiger partial charge in [-0.05, 0) is 72.2 Å². The summed E-state index contributed by atoms with van der Waals surface area (Å²) < 4.78 is 0. The van der Waals surface area contributed by atoms with Gasteiger partial charge in [0.2, 0.25) is 5.91 Å². The lowest BCUT2D eigenvalue weighted by Crippen LogP contribution is -2.54. The van der Waals surface area contributed by atoms with Crippen LogP contribution in [0.15, 0.2) is 66.7 Å². The van der Waals surface area contributed by atoms with Crippen LogP contribution in [-0.2, 0) is 30.7 Å². The molecule has 0 unspecified atom stereocenters. The lowest BCUT2D eigenvalue weighted by Gasteiger charge is -2.38. The molecule has 1 amide bonds. The Morgan fingerprint density at radius 2 is 1.70 bits per heavy atom. The molecule has 0 radical (unpaired) electrons. The Labute approximate surface area is 196 Å². The largest absolute Gasteiger partial charge is 0.508 e. The number of aromatic hydroxyl groups is 1. The molecule has 0 spiro atoms. The van der Waals surface area contributed by atoms with Crippen molar-refractivity contribution in [1.82, 2.24) is 10.2 Å². The fourth-order valence-corrected chi connectivity index (χ4v) is 4.82. The highest BCUT2D eigenvalue weighted by atomic mass is 16.3. The second-order valence-electron chi connectivity index (χ2n) is 9.08. The van der Waals surface area contributed by atoms with E-state index in [1.807, 2.05) is 43.0 Å². The predicted octanol–water partition coefficient (Wildman–Crippen LogP) is 3.62. The first-order chi connectivity index (χ1) is 15.9. The van der Waals surface area contributed by atoms with Crippen LogP contribution in [0.1, 0.15) is 33.4 Å². The zero-order valence-corrected chi connectivity index (χ0v) is 19.4. The highest BCUT2D eigenvalue weighted by molar-refractivity contribution is 5.82. The number of nitrogens with one attached hydrogen (secondary N) is 1. The summed E-state index contributed by atoms with van der Waals surface area (Å²) >= 11 is 0. The van der Waals surface area contributed by atoms with Gasteiger partial charge in [0.1, 0.15) is 5.75 Å². The van der Waals surface area contributed by atoms with E-state index in [4.69, 9.17) is 5.73 Å². The fourth-order valence-electron chi connectivity index (χ4n) is 4.82. The third-order valence-electron chi connectivity index (χ3n) is 6.61. The molecule has 3 aromatic rings. The molecule has 0 fully saturated rings. The van der Waals surface area contributed by atoms with Crippen molar-refractivity contribution in [3.05, 3.63) is 100 Å². The molecule has 0 saturated carbocycles. The molecule has 3 aromatic carbocycles. The zero-order valence-electron chi connectivity index (χ0n) is 19.4. The number of nitrogens with zero attached hydrogens (tertiary/aromatic N) is 1. The molecule has 5 nitrogen and oxygen atoms in total. The van der Waals surface area contributed by atoms with Gasteiger partial charge in [0.25, 0.3) is 0 Å². The smallest absolute Gasteiger partial charge is 0.240 e. The lowest BCUT2D eigenvalue weighted by molar-refractivity contribution is -0.136. The van der Waals surface area contributed by atoms with Gasteiger partial charge in [0, 0.05) is 25.7 Å². The van der Waals surface area contributed by atoms with Gasteiger partial charge in [-0.3, -0.25) is 4.79 Å². The van der Waals surface area contributed by atoms with Crippen molar-refractivity contribution in [3.63, 3.8) is 0 Å². The number of nitrogens with two attached hydrogens (primary N) is 1. The number of aryl methyl sites for hydroxylation is 2. The Hall–Kier alpha value is -3.15. The molecule has 4 N–H and O–H groups in total. The van der Waals surface area contributed by atoms with Gasteiger partial charge in [-0.2, -0.15) is 0 Å². The molecule has 4 rings (SSSR count). The van der Waals surface area contributed by atoms with Crippen LogP contribution in [0.3, 0.4) is 0 Å². The van der Waals surface area contributed by atoms with E-state index in [0.717, 1.165) is 29.7 Å². The van der Waals surface area contributed by atoms with Gasteiger partial charge in [-0.15, -0.1) is 0 Å². The monoisotopic (exact) mass is 443 g/mol. The van der Waals surface area contributed by atoms with Crippen molar-refractivity contribution < 1.29 is 9.90 Å². The topological polar surface area (TPSA) is 78.6 Å². The Morgan fingerprint density at radius 1 is 1.06 bits per heavy atom. The predicted molar refractivity (Wildman–Crippen MR) is 132 cm³/mol. The van der Waals surface area contributed by atoms with Crippen molar-refractivity contribution in [1.29, 1.82) is 0 Å². The van der Waals surface area contributed by atoms with E-state index in [2.05, 4.69) is 35.6 Å². The van der Waals surface area contributed by atoms with Gasteiger partial charge in [0.05, 0.1) is 6.04 Å². The van der Waals surface area contributed by atoms with E-state index >= 15 is 0 Å². The number of hydrogen-bond donors (Lipinski definition) is 3. The van der Waals surface area contributed by atoms with Crippen LogP contribution in [0.4, 0.5) is 0 Å². The summed E-state index contributed by atoms with van der Waals surface area (Å²) in [6.45, 7) is 5.95. The maximum atomic E-state index is 13.6. The number of phenolic OH excluding ortho intramolecular Hbond substituents is 1. The average molecular weight is 444 g/mol. The van der Waals surface area contributed by atoms with Crippen molar-refractivity contribution >= 4 is 5.91 Å². The van der Waals surface area contributed by atoms with Gasteiger partial charge in [0.15, 0.2) is 0 Å². The third kappa shape index (κ3) is 5.44. The molecule has 33 heavy (non-hydrogen) atoms. The Morgan fingerprint density at radius 3 is 2.39 bits per heavy atom. The Balaban J connectivity index is 1.50. The number of rotatable bonds is 7. The van der Waals surface area contributed by atoms with Crippen LogP contribution < -0.4 is 11.1 Å². The summed E-state index contributed by atoms with van der Waals surface area (Å²) in [6, 6.07) is 21.5. The summed E-state index contributed by atoms with van der Waals surface area (Å²) in [6.07, 6.45) is 1.27. The fraction of sp³-hybridized carbons (Fsp3) is 0.321. The summed E-state index contributed by atoms with van der Waals surface area (Å²) in [5, 5.41) is 13.4. The maximum Gasteiger partial charge on any atom is 0.240 e. The maximum absolute atomic E-state index is 13.6. The second-order valence-corrected chi connectivity index (χ2v) is 9.08. The van der Waals surface area contributed by atoms with Crippen LogP contribution >= 0.6 is 0 Å². The molecule has 1 aliphatic rings. The van der Waals surface area contributed by atoms with E-state index in [1.165, 1.54) is 16.7 Å². The molecule has 0 aromatic heterocycles. The minimum atomic E-state index is -0.631. The lowest BCUT2D eigenvalue weighted by atomic mass is 9.91. The number of fused-ring (bicyclic) bond motifs is 1. The SMILES string of the molecule is Cc1cc(O)cc(C)c1C[C@H](N)C(=O)N1Cc2ccccc2C[C@H]1CNCc1ccccc1. The molecule has 0 saturated heterocycles.